The van der Waals surface area contributed by atoms with Gasteiger partial charge in [0.05, 0.1) is 32.8 Å². The molecule has 1 N–H and O–H groups in total. The highest BCUT2D eigenvalue weighted by Gasteiger charge is 2.45. The van der Waals surface area contributed by atoms with Crippen molar-refractivity contribution in [1.82, 2.24) is 24.4 Å². The van der Waals surface area contributed by atoms with E-state index in [-0.39, 0.29) is 24.7 Å². The number of carbonyl (C=O) groups excluding carboxylic acids is 1. The number of H-pyrrole nitrogens is 1. The van der Waals surface area contributed by atoms with Crippen molar-refractivity contribution in [1.29, 1.82) is 0 Å². The van der Waals surface area contributed by atoms with E-state index in [1.165, 1.54) is 18.0 Å². The lowest BCUT2D eigenvalue weighted by molar-refractivity contribution is 0.0123. The molecule has 4 heterocycles. The summed E-state index contributed by atoms with van der Waals surface area (Å²) in [7, 11) is 3.09. The van der Waals surface area contributed by atoms with E-state index in [0.717, 1.165) is 12.8 Å². The molecular weight excluding hydrogens is 492 g/mol. The van der Waals surface area contributed by atoms with Crippen LogP contribution >= 0.6 is 0 Å². The number of rotatable bonds is 5. The van der Waals surface area contributed by atoms with Crippen molar-refractivity contribution in [2.24, 2.45) is 0 Å². The van der Waals surface area contributed by atoms with Gasteiger partial charge in [-0.15, -0.1) is 0 Å². The molecule has 202 valence electrons. The van der Waals surface area contributed by atoms with Gasteiger partial charge in [-0.25, -0.2) is 14.8 Å². The first kappa shape index (κ1) is 25.6. The lowest BCUT2D eigenvalue weighted by Crippen LogP contribution is -2.57. The second-order valence-electron chi connectivity index (χ2n) is 10.6. The number of ether oxygens (including phenoxy) is 3. The maximum absolute atomic E-state index is 13.0. The van der Waals surface area contributed by atoms with Crippen LogP contribution in [0.1, 0.15) is 39.2 Å². The Morgan fingerprint density at radius 1 is 1.08 bits per heavy atom. The van der Waals surface area contributed by atoms with Gasteiger partial charge in [0.25, 0.3) is 0 Å². The van der Waals surface area contributed by atoms with Crippen molar-refractivity contribution in [3.8, 4) is 11.5 Å². The molecule has 2 unspecified atom stereocenters. The number of anilines is 1. The number of benzene rings is 1. The van der Waals surface area contributed by atoms with Gasteiger partial charge >= 0.3 is 17.2 Å². The highest BCUT2D eigenvalue weighted by atomic mass is 16.6. The molecule has 2 fully saturated rings. The molecule has 0 saturated carbocycles. The first-order valence-corrected chi connectivity index (χ1v) is 12.5. The maximum Gasteiger partial charge on any atom is 0.410 e. The van der Waals surface area contributed by atoms with E-state index in [2.05, 4.69) is 15.0 Å². The van der Waals surface area contributed by atoms with E-state index < -0.39 is 16.7 Å². The minimum Gasteiger partial charge on any atom is -0.497 e. The zero-order chi connectivity index (χ0) is 27.2. The van der Waals surface area contributed by atoms with Gasteiger partial charge in [0.2, 0.25) is 0 Å². The fraction of sp³-hybridized carbons (Fsp3) is 0.500. The predicted octanol–water partition coefficient (Wildman–Crippen LogP) is 2.13. The van der Waals surface area contributed by atoms with E-state index in [1.54, 1.807) is 25.3 Å². The molecular formula is C26H32N6O6. The van der Waals surface area contributed by atoms with Crippen molar-refractivity contribution in [3.63, 3.8) is 0 Å². The Bertz CT molecular complexity index is 1480. The lowest BCUT2D eigenvalue weighted by Gasteiger charge is -2.41. The lowest BCUT2D eigenvalue weighted by atomic mass is 10.1. The summed E-state index contributed by atoms with van der Waals surface area (Å²) in [6.45, 7) is 6.68. The summed E-state index contributed by atoms with van der Waals surface area (Å²) in [5, 5.41) is 0. The minimum atomic E-state index is -0.767. The number of hydrogen-bond donors (Lipinski definition) is 1. The number of aromatic nitrogens is 4. The number of methoxy groups -OCH3 is 2. The highest BCUT2D eigenvalue weighted by Crippen LogP contribution is 2.34. The largest absolute Gasteiger partial charge is 0.497 e. The van der Waals surface area contributed by atoms with E-state index in [0.29, 0.717) is 47.1 Å². The number of carbonyl (C=O) groups is 1. The first-order chi connectivity index (χ1) is 18.1. The van der Waals surface area contributed by atoms with Gasteiger partial charge in [0.15, 0.2) is 11.5 Å². The third-order valence-corrected chi connectivity index (χ3v) is 6.95. The molecule has 2 saturated heterocycles. The quantitative estimate of drug-likeness (QED) is 0.499. The van der Waals surface area contributed by atoms with Gasteiger partial charge in [0.1, 0.15) is 28.9 Å². The number of nitrogens with one attached hydrogen (secondary N) is 1. The Labute approximate surface area is 219 Å². The molecule has 2 aliphatic rings. The number of nitrogens with zero attached hydrogens (tertiary/aromatic N) is 5. The van der Waals surface area contributed by atoms with Crippen LogP contribution in [0.4, 0.5) is 10.6 Å². The molecule has 0 spiro atoms. The normalized spacial score (nSPS) is 19.1. The third-order valence-electron chi connectivity index (χ3n) is 6.95. The standard InChI is InChI=1S/C26H32N6O6/c1-26(2,3)38-25(35)32-16-7-8-17(32)13-30(12-16)21-20-22(28-14-27-21)31(24(34)23(33)29-20)11-15-6-9-18(36-4)10-19(15)37-5/h6,9-10,14,16-17H,7-8,11-13H2,1-5H3,(H,29,33). The first-order valence-electron chi connectivity index (χ1n) is 12.5. The molecule has 1 amide bonds. The van der Waals surface area contributed by atoms with Gasteiger partial charge in [0, 0.05) is 24.7 Å². The Morgan fingerprint density at radius 3 is 2.42 bits per heavy atom. The molecule has 38 heavy (non-hydrogen) atoms. The van der Waals surface area contributed by atoms with Gasteiger partial charge in [-0.3, -0.25) is 19.1 Å². The molecule has 3 aromatic rings. The molecule has 12 nitrogen and oxygen atoms in total. The SMILES string of the molecule is COc1ccc(Cn2c(=O)c(=O)[nH]c3c(N4CC5CCC(C4)N5C(=O)OC(C)(C)C)ncnc32)c(OC)c1. The predicted molar refractivity (Wildman–Crippen MR) is 140 cm³/mol. The zero-order valence-electron chi connectivity index (χ0n) is 22.2. The minimum absolute atomic E-state index is 0.0465. The molecule has 0 aliphatic carbocycles. The number of piperazine rings is 1. The Hall–Kier alpha value is -4.09. The molecule has 0 radical (unpaired) electrons. The summed E-state index contributed by atoms with van der Waals surface area (Å²) >= 11 is 0. The molecule has 1 aromatic carbocycles. The second kappa shape index (κ2) is 9.66. The summed E-state index contributed by atoms with van der Waals surface area (Å²) in [5.74, 6) is 1.65. The topological polar surface area (TPSA) is 132 Å². The monoisotopic (exact) mass is 524 g/mol. The van der Waals surface area contributed by atoms with Gasteiger partial charge < -0.3 is 24.1 Å². The van der Waals surface area contributed by atoms with E-state index in [9.17, 15) is 14.4 Å². The number of hydrogen-bond acceptors (Lipinski definition) is 9. The number of aromatic amines is 1. The maximum atomic E-state index is 13.0. The molecule has 2 bridgehead atoms. The van der Waals surface area contributed by atoms with Crippen LogP contribution in [-0.2, 0) is 11.3 Å². The van der Waals surface area contributed by atoms with E-state index in [4.69, 9.17) is 14.2 Å². The number of fused-ring (bicyclic) bond motifs is 3. The molecule has 5 rings (SSSR count). The van der Waals surface area contributed by atoms with Crippen molar-refractivity contribution in [3.05, 3.63) is 50.8 Å². The molecule has 12 heteroatoms. The van der Waals surface area contributed by atoms with Crippen LogP contribution in [-0.4, -0.2) is 75.5 Å². The summed E-state index contributed by atoms with van der Waals surface area (Å²) in [6, 6.07) is 5.17. The van der Waals surface area contributed by atoms with Gasteiger partial charge in [-0.1, -0.05) is 0 Å². The van der Waals surface area contributed by atoms with Gasteiger partial charge in [-0.05, 0) is 45.7 Å². The van der Waals surface area contributed by atoms with Crippen LogP contribution in [0.25, 0.3) is 11.2 Å². The van der Waals surface area contributed by atoms with Crippen LogP contribution < -0.4 is 25.5 Å². The summed E-state index contributed by atoms with van der Waals surface area (Å²) in [5.41, 5.74) is -0.710. The molecule has 2 aliphatic heterocycles. The fourth-order valence-electron chi connectivity index (χ4n) is 5.30. The van der Waals surface area contributed by atoms with Crippen LogP contribution in [0, 0.1) is 0 Å². The average Bonchev–Trinajstić information content (AvgIpc) is 3.15. The van der Waals surface area contributed by atoms with Crippen molar-refractivity contribution >= 4 is 23.1 Å². The average molecular weight is 525 g/mol. The number of amides is 1. The van der Waals surface area contributed by atoms with Crippen LogP contribution in [0.15, 0.2) is 34.1 Å². The molecule has 2 aromatic heterocycles. The Balaban J connectivity index is 1.50. The van der Waals surface area contributed by atoms with E-state index >= 15 is 0 Å². The van der Waals surface area contributed by atoms with Crippen molar-refractivity contribution in [2.45, 2.75) is 57.8 Å². The van der Waals surface area contributed by atoms with Crippen LogP contribution in [0.3, 0.4) is 0 Å². The Morgan fingerprint density at radius 2 is 1.79 bits per heavy atom. The zero-order valence-corrected chi connectivity index (χ0v) is 22.2. The highest BCUT2D eigenvalue weighted by molar-refractivity contribution is 5.83. The Kier molecular flexibility index (Phi) is 6.49. The van der Waals surface area contributed by atoms with Crippen LogP contribution in [0.5, 0.6) is 11.5 Å². The van der Waals surface area contributed by atoms with Crippen molar-refractivity contribution < 1.29 is 19.0 Å². The third kappa shape index (κ3) is 4.66. The van der Waals surface area contributed by atoms with E-state index in [1.807, 2.05) is 30.6 Å². The fourth-order valence-corrected chi connectivity index (χ4v) is 5.30. The summed E-state index contributed by atoms with van der Waals surface area (Å²) in [4.78, 5) is 54.0. The molecule has 2 atom stereocenters. The summed E-state index contributed by atoms with van der Waals surface area (Å²) in [6.07, 6.45) is 2.77. The van der Waals surface area contributed by atoms with Crippen molar-refractivity contribution in [2.75, 3.05) is 32.2 Å². The van der Waals surface area contributed by atoms with Gasteiger partial charge in [-0.2, -0.15) is 0 Å². The smallest absolute Gasteiger partial charge is 0.410 e. The second-order valence-corrected chi connectivity index (χ2v) is 10.6. The van der Waals surface area contributed by atoms with Crippen LogP contribution in [0.2, 0.25) is 0 Å². The summed E-state index contributed by atoms with van der Waals surface area (Å²) < 4.78 is 17.7.